The van der Waals surface area contributed by atoms with E-state index in [0.29, 0.717) is 22.3 Å². The number of carbonyl (C=O) groups excluding carboxylic acids is 1. The van der Waals surface area contributed by atoms with Crippen molar-refractivity contribution in [1.29, 1.82) is 0 Å². The molecule has 0 aliphatic heterocycles. The highest BCUT2D eigenvalue weighted by Crippen LogP contribution is 2.26. The Labute approximate surface area is 146 Å². The van der Waals surface area contributed by atoms with Crippen molar-refractivity contribution in [3.63, 3.8) is 0 Å². The number of rotatable bonds is 5. The van der Waals surface area contributed by atoms with Crippen LogP contribution in [0.1, 0.15) is 6.92 Å². The molecule has 0 radical (unpaired) electrons. The molecule has 24 heavy (non-hydrogen) atoms. The summed E-state index contributed by atoms with van der Waals surface area (Å²) in [7, 11) is 3.17. The third-order valence-electron chi connectivity index (χ3n) is 3.05. The van der Waals surface area contributed by atoms with Crippen molar-refractivity contribution in [1.82, 2.24) is 0 Å². The molecule has 0 aliphatic rings. The average Bonchev–Trinajstić information content (AvgIpc) is 2.53. The zero-order chi connectivity index (χ0) is 17.5. The Kier molecular flexibility index (Phi) is 5.97. The average molecular weight is 345 g/mol. The molecule has 126 valence electrons. The zero-order valence-corrected chi connectivity index (χ0v) is 14.5. The molecule has 0 aromatic heterocycles. The van der Waals surface area contributed by atoms with E-state index in [2.05, 4.69) is 16.0 Å². The number of thiocarbonyl (C=S) groups is 1. The molecule has 0 atom stereocenters. The van der Waals surface area contributed by atoms with Crippen LogP contribution in [0.25, 0.3) is 0 Å². The van der Waals surface area contributed by atoms with E-state index < -0.39 is 0 Å². The molecule has 0 fully saturated rings. The Morgan fingerprint density at radius 1 is 0.875 bits per heavy atom. The summed E-state index contributed by atoms with van der Waals surface area (Å²) >= 11 is 5.32. The number of methoxy groups -OCH3 is 2. The summed E-state index contributed by atoms with van der Waals surface area (Å²) in [5.74, 6) is 1.19. The van der Waals surface area contributed by atoms with Gasteiger partial charge in [0.05, 0.1) is 14.2 Å². The molecule has 6 nitrogen and oxygen atoms in total. The molecule has 2 rings (SSSR count). The van der Waals surface area contributed by atoms with Gasteiger partial charge >= 0.3 is 0 Å². The Bertz CT molecular complexity index is 727. The number of nitrogens with one attached hydrogen (secondary N) is 3. The van der Waals surface area contributed by atoms with Gasteiger partial charge in [-0.3, -0.25) is 4.79 Å². The summed E-state index contributed by atoms with van der Waals surface area (Å²) in [5, 5.41) is 9.27. The minimum atomic E-state index is -0.128. The van der Waals surface area contributed by atoms with E-state index in [0.717, 1.165) is 11.4 Å². The van der Waals surface area contributed by atoms with Crippen molar-refractivity contribution in [2.75, 3.05) is 30.2 Å². The van der Waals surface area contributed by atoms with Crippen molar-refractivity contribution >= 4 is 40.3 Å². The number of benzene rings is 2. The van der Waals surface area contributed by atoms with Crippen LogP contribution < -0.4 is 25.4 Å². The topological polar surface area (TPSA) is 71.6 Å². The van der Waals surface area contributed by atoms with Crippen molar-refractivity contribution in [3.05, 3.63) is 42.5 Å². The highest BCUT2D eigenvalue weighted by Gasteiger charge is 2.05. The number of amides is 1. The number of carbonyl (C=O) groups is 1. The van der Waals surface area contributed by atoms with Gasteiger partial charge in [-0.25, -0.2) is 0 Å². The predicted molar refractivity (Wildman–Crippen MR) is 100 cm³/mol. The Hall–Kier alpha value is -2.80. The van der Waals surface area contributed by atoms with Crippen LogP contribution in [0.5, 0.6) is 11.5 Å². The van der Waals surface area contributed by atoms with Gasteiger partial charge in [-0.15, -0.1) is 0 Å². The molecule has 3 N–H and O–H groups in total. The monoisotopic (exact) mass is 345 g/mol. The second kappa shape index (κ2) is 8.16. The standard InChI is InChI=1S/C17H19N3O3S/c1-11(21)18-12-5-4-6-13(7-12)19-17(24)20-14-8-15(22-2)10-16(9-14)23-3/h4-10H,1-3H3,(H,18,21)(H2,19,20,24). The van der Waals surface area contributed by atoms with Crippen LogP contribution in [0.15, 0.2) is 42.5 Å². The largest absolute Gasteiger partial charge is 0.497 e. The molecule has 0 spiro atoms. The quantitative estimate of drug-likeness (QED) is 0.721. The first-order valence-electron chi connectivity index (χ1n) is 7.19. The fraction of sp³-hybridized carbons (Fsp3) is 0.176. The van der Waals surface area contributed by atoms with Crippen molar-refractivity contribution in [2.24, 2.45) is 0 Å². The molecule has 0 saturated heterocycles. The highest BCUT2D eigenvalue weighted by atomic mass is 32.1. The molecular weight excluding hydrogens is 326 g/mol. The molecular formula is C17H19N3O3S. The van der Waals surface area contributed by atoms with Crippen LogP contribution in [-0.4, -0.2) is 25.2 Å². The normalized spacial score (nSPS) is 9.79. The lowest BCUT2D eigenvalue weighted by Gasteiger charge is -2.13. The van der Waals surface area contributed by atoms with E-state index in [1.165, 1.54) is 6.92 Å². The van der Waals surface area contributed by atoms with E-state index >= 15 is 0 Å². The fourth-order valence-electron chi connectivity index (χ4n) is 2.05. The second-order valence-electron chi connectivity index (χ2n) is 4.94. The van der Waals surface area contributed by atoms with Crippen LogP contribution in [0.4, 0.5) is 17.1 Å². The Balaban J connectivity index is 2.07. The summed E-state index contributed by atoms with van der Waals surface area (Å²) in [6.07, 6.45) is 0. The summed E-state index contributed by atoms with van der Waals surface area (Å²) in [5.41, 5.74) is 2.19. The van der Waals surface area contributed by atoms with E-state index in [1.807, 2.05) is 24.3 Å². The molecule has 0 saturated carbocycles. The van der Waals surface area contributed by atoms with Gasteiger partial charge in [-0.2, -0.15) is 0 Å². The minimum absolute atomic E-state index is 0.128. The van der Waals surface area contributed by atoms with Gasteiger partial charge in [-0.05, 0) is 30.4 Å². The Morgan fingerprint density at radius 3 is 1.96 bits per heavy atom. The first kappa shape index (κ1) is 17.6. The summed E-state index contributed by atoms with van der Waals surface area (Å²) in [4.78, 5) is 11.1. The molecule has 7 heteroatoms. The zero-order valence-electron chi connectivity index (χ0n) is 13.7. The van der Waals surface area contributed by atoms with Gasteiger partial charge in [0, 0.05) is 42.2 Å². The van der Waals surface area contributed by atoms with Gasteiger partial charge in [0.25, 0.3) is 0 Å². The fourth-order valence-corrected chi connectivity index (χ4v) is 2.29. The van der Waals surface area contributed by atoms with Crippen LogP contribution in [0.2, 0.25) is 0 Å². The molecule has 2 aromatic rings. The van der Waals surface area contributed by atoms with Crippen LogP contribution in [0, 0.1) is 0 Å². The van der Waals surface area contributed by atoms with Gasteiger partial charge < -0.3 is 25.4 Å². The third-order valence-corrected chi connectivity index (χ3v) is 3.25. The molecule has 2 aromatic carbocycles. The van der Waals surface area contributed by atoms with Gasteiger partial charge in [0.2, 0.25) is 5.91 Å². The SMILES string of the molecule is COc1cc(NC(=S)Nc2cccc(NC(C)=O)c2)cc(OC)c1. The van der Waals surface area contributed by atoms with Gasteiger partial charge in [-0.1, -0.05) is 6.07 Å². The third kappa shape index (κ3) is 5.13. The summed E-state index contributed by atoms with van der Waals surface area (Å²) < 4.78 is 10.5. The summed E-state index contributed by atoms with van der Waals surface area (Å²) in [6.45, 7) is 1.46. The minimum Gasteiger partial charge on any atom is -0.497 e. The van der Waals surface area contributed by atoms with Crippen molar-refractivity contribution in [3.8, 4) is 11.5 Å². The van der Waals surface area contributed by atoms with Crippen molar-refractivity contribution < 1.29 is 14.3 Å². The second-order valence-corrected chi connectivity index (χ2v) is 5.35. The van der Waals surface area contributed by atoms with Crippen molar-refractivity contribution in [2.45, 2.75) is 6.92 Å². The lowest BCUT2D eigenvalue weighted by molar-refractivity contribution is -0.114. The first-order chi connectivity index (χ1) is 11.5. The van der Waals surface area contributed by atoms with Gasteiger partial charge in [0.15, 0.2) is 5.11 Å². The first-order valence-corrected chi connectivity index (χ1v) is 7.59. The lowest BCUT2D eigenvalue weighted by atomic mass is 10.2. The highest BCUT2D eigenvalue weighted by molar-refractivity contribution is 7.80. The van der Waals surface area contributed by atoms with E-state index in [1.54, 1.807) is 32.4 Å². The van der Waals surface area contributed by atoms with Gasteiger partial charge in [0.1, 0.15) is 11.5 Å². The van der Waals surface area contributed by atoms with Crippen LogP contribution in [0.3, 0.4) is 0 Å². The molecule has 0 heterocycles. The van der Waals surface area contributed by atoms with Crippen LogP contribution >= 0.6 is 12.2 Å². The summed E-state index contributed by atoms with van der Waals surface area (Å²) in [6, 6.07) is 12.7. The lowest BCUT2D eigenvalue weighted by Crippen LogP contribution is -2.19. The van der Waals surface area contributed by atoms with E-state index in [4.69, 9.17) is 21.7 Å². The molecule has 0 bridgehead atoms. The maximum absolute atomic E-state index is 11.1. The molecule has 1 amide bonds. The van der Waals surface area contributed by atoms with Crippen LogP contribution in [-0.2, 0) is 4.79 Å². The number of hydrogen-bond acceptors (Lipinski definition) is 4. The maximum atomic E-state index is 11.1. The number of ether oxygens (including phenoxy) is 2. The predicted octanol–water partition coefficient (Wildman–Crippen LogP) is 3.47. The smallest absolute Gasteiger partial charge is 0.221 e. The van der Waals surface area contributed by atoms with E-state index in [9.17, 15) is 4.79 Å². The number of hydrogen-bond donors (Lipinski definition) is 3. The molecule has 0 unspecified atom stereocenters. The van der Waals surface area contributed by atoms with E-state index in [-0.39, 0.29) is 5.91 Å². The molecule has 0 aliphatic carbocycles. The number of anilines is 3. The Morgan fingerprint density at radius 2 is 1.42 bits per heavy atom. The maximum Gasteiger partial charge on any atom is 0.221 e.